The Morgan fingerprint density at radius 2 is 2.04 bits per heavy atom. The molecule has 7 nitrogen and oxygen atoms in total. The summed E-state index contributed by atoms with van der Waals surface area (Å²) in [5, 5.41) is 3.43. The Morgan fingerprint density at radius 3 is 2.81 bits per heavy atom. The second kappa shape index (κ2) is 11.1. The van der Waals surface area contributed by atoms with Crippen LogP contribution in [0.15, 0.2) is 0 Å². The minimum atomic E-state index is 0. The Hall–Kier alpha value is -0.860. The molecule has 0 amide bonds. The Kier molecular flexibility index (Phi) is 9.89. The third kappa shape index (κ3) is 5.82. The fourth-order valence-corrected chi connectivity index (χ4v) is 3.82. The van der Waals surface area contributed by atoms with Crippen molar-refractivity contribution < 1.29 is 4.74 Å². The molecular formula is C17H32Cl2N6O. The number of rotatable bonds is 6. The van der Waals surface area contributed by atoms with Gasteiger partial charge in [-0.1, -0.05) is 0 Å². The van der Waals surface area contributed by atoms with E-state index in [2.05, 4.69) is 32.1 Å². The van der Waals surface area contributed by atoms with Gasteiger partial charge in [0.1, 0.15) is 5.82 Å². The number of hydrogen-bond donors (Lipinski definition) is 2. The van der Waals surface area contributed by atoms with Crippen molar-refractivity contribution in [2.75, 3.05) is 70.7 Å². The van der Waals surface area contributed by atoms with E-state index in [-0.39, 0.29) is 24.8 Å². The van der Waals surface area contributed by atoms with Crippen molar-refractivity contribution >= 4 is 36.6 Å². The molecule has 1 aromatic rings. The molecule has 0 spiro atoms. The van der Waals surface area contributed by atoms with Gasteiger partial charge in [0.25, 0.3) is 0 Å². The third-order valence-electron chi connectivity index (χ3n) is 5.05. The number of methoxy groups -OCH3 is 1. The number of nitrogen functional groups attached to an aromatic ring is 1. The molecule has 150 valence electrons. The first-order chi connectivity index (χ1) is 11.7. The molecule has 0 aliphatic carbocycles. The highest BCUT2D eigenvalue weighted by molar-refractivity contribution is 5.85. The highest BCUT2D eigenvalue weighted by Gasteiger charge is 2.25. The first-order valence-corrected chi connectivity index (χ1v) is 8.95. The maximum absolute atomic E-state index is 5.97. The number of anilines is 2. The Balaban J connectivity index is 0.00000169. The van der Waals surface area contributed by atoms with E-state index in [9.17, 15) is 0 Å². The van der Waals surface area contributed by atoms with Gasteiger partial charge in [-0.2, -0.15) is 4.98 Å². The second-order valence-corrected chi connectivity index (χ2v) is 6.91. The number of aromatic nitrogens is 2. The smallest absolute Gasteiger partial charge is 0.222 e. The van der Waals surface area contributed by atoms with E-state index >= 15 is 0 Å². The summed E-state index contributed by atoms with van der Waals surface area (Å²) in [6.45, 7) is 7.09. The molecular weight excluding hydrogens is 375 g/mol. The normalized spacial score (nSPS) is 19.8. The number of ether oxygens (including phenoxy) is 1. The van der Waals surface area contributed by atoms with Gasteiger partial charge >= 0.3 is 0 Å². The van der Waals surface area contributed by atoms with E-state index < -0.39 is 0 Å². The summed E-state index contributed by atoms with van der Waals surface area (Å²) in [5.41, 5.74) is 8.35. The second-order valence-electron chi connectivity index (χ2n) is 6.91. The first-order valence-electron chi connectivity index (χ1n) is 8.95. The molecule has 2 aliphatic rings. The van der Waals surface area contributed by atoms with Crippen LogP contribution in [0.2, 0.25) is 0 Å². The van der Waals surface area contributed by atoms with Gasteiger partial charge in [0.2, 0.25) is 5.95 Å². The lowest BCUT2D eigenvalue weighted by Gasteiger charge is -2.25. The molecule has 0 bridgehead atoms. The number of nitrogens with two attached hydrogens (primary N) is 1. The van der Waals surface area contributed by atoms with Crippen LogP contribution < -0.4 is 16.0 Å². The van der Waals surface area contributed by atoms with Crippen LogP contribution in [0, 0.1) is 5.92 Å². The van der Waals surface area contributed by atoms with Crippen LogP contribution >= 0.6 is 24.8 Å². The van der Waals surface area contributed by atoms with Crippen molar-refractivity contribution in [3.8, 4) is 0 Å². The van der Waals surface area contributed by atoms with E-state index in [0.717, 1.165) is 70.2 Å². The minimum absolute atomic E-state index is 0. The van der Waals surface area contributed by atoms with Crippen LogP contribution in [0.25, 0.3) is 0 Å². The molecule has 3 rings (SSSR count). The molecule has 1 fully saturated rings. The van der Waals surface area contributed by atoms with E-state index in [0.29, 0.717) is 11.9 Å². The average molecular weight is 407 g/mol. The number of likely N-dealkylation sites (tertiary alicyclic amines) is 1. The standard InChI is InChI=1S/C17H30N6O.2ClH/c1-22(11-13-5-8-23(12-13)9-10-24-2)16-14-3-6-19-7-4-15(14)20-17(18)21-16;;/h13,19H,3-12H2,1-2H3,(H2,18,20,21);2*1H. The zero-order valence-electron chi connectivity index (χ0n) is 15.7. The summed E-state index contributed by atoms with van der Waals surface area (Å²) < 4.78 is 5.19. The van der Waals surface area contributed by atoms with Crippen molar-refractivity contribution in [1.29, 1.82) is 0 Å². The summed E-state index contributed by atoms with van der Waals surface area (Å²) in [4.78, 5) is 13.8. The highest BCUT2D eigenvalue weighted by atomic mass is 35.5. The monoisotopic (exact) mass is 406 g/mol. The Morgan fingerprint density at radius 1 is 1.27 bits per heavy atom. The van der Waals surface area contributed by atoms with Gasteiger partial charge in [0, 0.05) is 52.3 Å². The zero-order valence-corrected chi connectivity index (χ0v) is 17.4. The molecule has 3 heterocycles. The molecule has 1 saturated heterocycles. The lowest BCUT2D eigenvalue weighted by Crippen LogP contribution is -2.31. The molecule has 0 aromatic carbocycles. The van der Waals surface area contributed by atoms with Crippen LogP contribution in [0.4, 0.5) is 11.8 Å². The maximum atomic E-state index is 5.97. The van der Waals surface area contributed by atoms with Gasteiger partial charge in [0.15, 0.2) is 0 Å². The van der Waals surface area contributed by atoms with E-state index in [1.807, 2.05) is 0 Å². The summed E-state index contributed by atoms with van der Waals surface area (Å²) in [5.74, 6) is 2.09. The topological polar surface area (TPSA) is 79.5 Å². The van der Waals surface area contributed by atoms with Gasteiger partial charge in [-0.15, -0.1) is 24.8 Å². The number of halogens is 2. The molecule has 0 saturated carbocycles. The largest absolute Gasteiger partial charge is 0.383 e. The summed E-state index contributed by atoms with van der Waals surface area (Å²) in [7, 11) is 3.90. The number of fused-ring (bicyclic) bond motifs is 1. The van der Waals surface area contributed by atoms with Crippen LogP contribution in [-0.4, -0.2) is 74.9 Å². The lowest BCUT2D eigenvalue weighted by atomic mass is 10.1. The van der Waals surface area contributed by atoms with Crippen molar-refractivity contribution in [2.45, 2.75) is 19.3 Å². The van der Waals surface area contributed by atoms with Crippen LogP contribution in [0.3, 0.4) is 0 Å². The zero-order chi connectivity index (χ0) is 16.9. The SMILES string of the molecule is COCCN1CCC(CN(C)c2nc(N)nc3c2CCNCC3)C1.Cl.Cl. The first kappa shape index (κ1) is 23.2. The molecule has 1 unspecified atom stereocenters. The fourth-order valence-electron chi connectivity index (χ4n) is 3.82. The number of nitrogens with zero attached hydrogens (tertiary/aromatic N) is 4. The number of nitrogens with one attached hydrogen (secondary N) is 1. The molecule has 2 aliphatic heterocycles. The molecule has 1 atom stereocenters. The van der Waals surface area contributed by atoms with Gasteiger partial charge in [-0.3, -0.25) is 0 Å². The molecule has 1 aromatic heterocycles. The van der Waals surface area contributed by atoms with Crippen LogP contribution in [0.5, 0.6) is 0 Å². The van der Waals surface area contributed by atoms with E-state index in [1.165, 1.54) is 12.0 Å². The summed E-state index contributed by atoms with van der Waals surface area (Å²) in [6, 6.07) is 0. The number of hydrogen-bond acceptors (Lipinski definition) is 7. The van der Waals surface area contributed by atoms with Crippen molar-refractivity contribution in [2.24, 2.45) is 5.92 Å². The van der Waals surface area contributed by atoms with Crippen molar-refractivity contribution in [3.05, 3.63) is 11.3 Å². The van der Waals surface area contributed by atoms with Gasteiger partial charge < -0.3 is 25.6 Å². The van der Waals surface area contributed by atoms with Gasteiger partial charge in [0.05, 0.1) is 12.3 Å². The third-order valence-corrected chi connectivity index (χ3v) is 5.05. The maximum Gasteiger partial charge on any atom is 0.222 e. The fraction of sp³-hybridized carbons (Fsp3) is 0.765. The lowest BCUT2D eigenvalue weighted by molar-refractivity contribution is 0.159. The van der Waals surface area contributed by atoms with E-state index in [4.69, 9.17) is 10.5 Å². The summed E-state index contributed by atoms with van der Waals surface area (Å²) >= 11 is 0. The van der Waals surface area contributed by atoms with Crippen LogP contribution in [0.1, 0.15) is 17.7 Å². The average Bonchev–Trinajstić information content (AvgIpc) is 2.87. The van der Waals surface area contributed by atoms with Crippen molar-refractivity contribution in [3.63, 3.8) is 0 Å². The predicted octanol–water partition coefficient (Wildman–Crippen LogP) is 0.995. The Bertz CT molecular complexity index is 562. The summed E-state index contributed by atoms with van der Waals surface area (Å²) in [6.07, 6.45) is 3.13. The predicted molar refractivity (Wildman–Crippen MR) is 111 cm³/mol. The minimum Gasteiger partial charge on any atom is -0.383 e. The molecule has 3 N–H and O–H groups in total. The van der Waals surface area contributed by atoms with Crippen molar-refractivity contribution in [1.82, 2.24) is 20.2 Å². The quantitative estimate of drug-likeness (QED) is 0.728. The van der Waals surface area contributed by atoms with Crippen LogP contribution in [-0.2, 0) is 17.6 Å². The molecule has 26 heavy (non-hydrogen) atoms. The van der Waals surface area contributed by atoms with Gasteiger partial charge in [-0.25, -0.2) is 4.98 Å². The molecule has 9 heteroatoms. The van der Waals surface area contributed by atoms with Gasteiger partial charge in [-0.05, 0) is 31.8 Å². The Labute approximate surface area is 168 Å². The molecule has 0 radical (unpaired) electrons. The van der Waals surface area contributed by atoms with E-state index in [1.54, 1.807) is 7.11 Å². The highest BCUT2D eigenvalue weighted by Crippen LogP contribution is 2.25.